The fraction of sp³-hybridized carbons (Fsp3) is 0.688. The number of hydrogen-bond acceptors (Lipinski definition) is 3. The van der Waals surface area contributed by atoms with Gasteiger partial charge in [-0.15, -0.1) is 0 Å². The zero-order chi connectivity index (χ0) is 15.5. The van der Waals surface area contributed by atoms with E-state index in [9.17, 15) is 9.59 Å². The molecule has 2 aliphatic rings. The number of aromatic nitrogens is 2. The van der Waals surface area contributed by atoms with Crippen LogP contribution in [0.5, 0.6) is 0 Å². The number of carbonyl (C=O) groups excluding carboxylic acids is 1. The Kier molecular flexibility index (Phi) is 4.45. The highest BCUT2D eigenvalue weighted by atomic mass is 16.4. The lowest BCUT2D eigenvalue weighted by atomic mass is 9.93. The second-order valence-corrected chi connectivity index (χ2v) is 6.38. The first-order valence-corrected chi connectivity index (χ1v) is 8.21. The van der Waals surface area contributed by atoms with Gasteiger partial charge in [-0.05, 0) is 44.4 Å². The van der Waals surface area contributed by atoms with Gasteiger partial charge in [0.05, 0.1) is 17.5 Å². The third-order valence-corrected chi connectivity index (χ3v) is 4.79. The van der Waals surface area contributed by atoms with Crippen molar-refractivity contribution in [2.45, 2.75) is 51.5 Å². The second-order valence-electron chi connectivity index (χ2n) is 6.38. The third-order valence-electron chi connectivity index (χ3n) is 4.79. The van der Waals surface area contributed by atoms with Crippen molar-refractivity contribution in [2.75, 3.05) is 13.1 Å². The molecule has 1 unspecified atom stereocenters. The zero-order valence-electron chi connectivity index (χ0n) is 12.8. The molecule has 1 aromatic heterocycles. The highest BCUT2D eigenvalue weighted by Gasteiger charge is 2.28. The van der Waals surface area contributed by atoms with Crippen molar-refractivity contribution >= 4 is 11.9 Å². The van der Waals surface area contributed by atoms with E-state index in [-0.39, 0.29) is 12.3 Å². The van der Waals surface area contributed by atoms with Crippen molar-refractivity contribution in [3.8, 4) is 0 Å². The summed E-state index contributed by atoms with van der Waals surface area (Å²) in [6, 6.07) is 0. The minimum atomic E-state index is -0.755. The van der Waals surface area contributed by atoms with E-state index < -0.39 is 5.97 Å². The fourth-order valence-corrected chi connectivity index (χ4v) is 3.58. The van der Waals surface area contributed by atoms with E-state index in [0.29, 0.717) is 18.9 Å². The Morgan fingerprint density at radius 1 is 1.27 bits per heavy atom. The van der Waals surface area contributed by atoms with E-state index in [0.717, 1.165) is 56.5 Å². The molecule has 3 rings (SSSR count). The number of carboxylic acids is 1. The molecule has 1 aromatic rings. The Balaban J connectivity index is 1.66. The Morgan fingerprint density at radius 2 is 2.14 bits per heavy atom. The van der Waals surface area contributed by atoms with Gasteiger partial charge in [-0.25, -0.2) is 0 Å². The number of hydrogen-bond donors (Lipinski definition) is 1. The van der Waals surface area contributed by atoms with Crippen LogP contribution < -0.4 is 0 Å². The van der Waals surface area contributed by atoms with Gasteiger partial charge in [0.2, 0.25) is 0 Å². The minimum absolute atomic E-state index is 0.0724. The predicted molar refractivity (Wildman–Crippen MR) is 80.7 cm³/mol. The van der Waals surface area contributed by atoms with Crippen LogP contribution >= 0.6 is 0 Å². The van der Waals surface area contributed by atoms with E-state index in [1.807, 2.05) is 9.58 Å². The molecule has 1 amide bonds. The molecule has 0 radical (unpaired) electrons. The van der Waals surface area contributed by atoms with Gasteiger partial charge in [0.1, 0.15) is 0 Å². The van der Waals surface area contributed by atoms with Crippen molar-refractivity contribution in [2.24, 2.45) is 5.92 Å². The predicted octanol–water partition coefficient (Wildman–Crippen LogP) is 1.94. The number of nitrogens with zero attached hydrogens (tertiary/aromatic N) is 3. The van der Waals surface area contributed by atoms with Crippen molar-refractivity contribution in [3.05, 3.63) is 17.5 Å². The van der Waals surface area contributed by atoms with E-state index in [2.05, 4.69) is 5.10 Å². The Hall–Kier alpha value is -1.85. The molecule has 6 nitrogen and oxygen atoms in total. The van der Waals surface area contributed by atoms with Crippen molar-refractivity contribution < 1.29 is 14.7 Å². The number of aryl methyl sites for hydroxylation is 1. The summed E-state index contributed by atoms with van der Waals surface area (Å²) in [5.41, 5.74) is 1.82. The average Bonchev–Trinajstić information content (AvgIpc) is 2.96. The molecule has 0 spiro atoms. The molecule has 1 saturated heterocycles. The number of carbonyl (C=O) groups is 2. The molecule has 3 heterocycles. The molecular formula is C16H23N3O3. The summed E-state index contributed by atoms with van der Waals surface area (Å²) < 4.78 is 1.96. The third kappa shape index (κ3) is 3.15. The van der Waals surface area contributed by atoms with Gasteiger partial charge >= 0.3 is 5.97 Å². The lowest BCUT2D eigenvalue weighted by Crippen LogP contribution is -2.40. The molecule has 1 fully saturated rings. The zero-order valence-corrected chi connectivity index (χ0v) is 12.8. The van der Waals surface area contributed by atoms with Gasteiger partial charge < -0.3 is 10.0 Å². The van der Waals surface area contributed by atoms with Crippen LogP contribution in [0.25, 0.3) is 0 Å². The molecule has 1 N–H and O–H groups in total. The molecule has 120 valence electrons. The number of piperidine rings is 1. The Labute approximate surface area is 130 Å². The van der Waals surface area contributed by atoms with E-state index in [1.165, 1.54) is 0 Å². The number of rotatable bonds is 4. The fourth-order valence-electron chi connectivity index (χ4n) is 3.58. The van der Waals surface area contributed by atoms with Crippen LogP contribution in [0.4, 0.5) is 0 Å². The summed E-state index contributed by atoms with van der Waals surface area (Å²) in [6.07, 6.45) is 7.71. The lowest BCUT2D eigenvalue weighted by Gasteiger charge is -2.32. The molecule has 6 heteroatoms. The van der Waals surface area contributed by atoms with E-state index in [1.54, 1.807) is 6.20 Å². The SMILES string of the molecule is O=C(O)CCC1CCCN(C(=O)c2cnn3c2CCCC3)C1. The first kappa shape index (κ1) is 15.1. The maximum absolute atomic E-state index is 12.8. The number of aliphatic carboxylic acids is 1. The van der Waals surface area contributed by atoms with Gasteiger partial charge in [0.15, 0.2) is 0 Å². The first-order valence-electron chi connectivity index (χ1n) is 8.21. The molecule has 22 heavy (non-hydrogen) atoms. The molecule has 0 aliphatic carbocycles. The number of amides is 1. The molecule has 0 saturated carbocycles. The minimum Gasteiger partial charge on any atom is -0.481 e. The van der Waals surface area contributed by atoms with Crippen LogP contribution in [0.2, 0.25) is 0 Å². The summed E-state index contributed by atoms with van der Waals surface area (Å²) in [5.74, 6) is -0.377. The topological polar surface area (TPSA) is 75.4 Å². The monoisotopic (exact) mass is 305 g/mol. The average molecular weight is 305 g/mol. The van der Waals surface area contributed by atoms with Crippen LogP contribution in [0, 0.1) is 5.92 Å². The summed E-state index contributed by atoms with van der Waals surface area (Å²) in [5, 5.41) is 13.2. The smallest absolute Gasteiger partial charge is 0.303 e. The van der Waals surface area contributed by atoms with Crippen molar-refractivity contribution in [3.63, 3.8) is 0 Å². The maximum Gasteiger partial charge on any atom is 0.303 e. The standard InChI is InChI=1S/C16H23N3O3/c20-15(21)7-6-12-4-3-8-18(11-12)16(22)13-10-17-19-9-2-1-5-14(13)19/h10,12H,1-9,11H2,(H,20,21). The molecule has 1 atom stereocenters. The second kappa shape index (κ2) is 6.50. The normalized spacial score (nSPS) is 21.5. The van der Waals surface area contributed by atoms with E-state index in [4.69, 9.17) is 5.11 Å². The largest absolute Gasteiger partial charge is 0.481 e. The Bertz CT molecular complexity index is 567. The van der Waals surface area contributed by atoms with Gasteiger partial charge in [-0.1, -0.05) is 0 Å². The van der Waals surface area contributed by atoms with Crippen LogP contribution in [-0.4, -0.2) is 44.8 Å². The molecule has 0 aromatic carbocycles. The number of likely N-dealkylation sites (tertiary alicyclic amines) is 1. The summed E-state index contributed by atoms with van der Waals surface area (Å²) in [4.78, 5) is 25.4. The lowest BCUT2D eigenvalue weighted by molar-refractivity contribution is -0.137. The quantitative estimate of drug-likeness (QED) is 0.922. The van der Waals surface area contributed by atoms with Crippen LogP contribution in [-0.2, 0) is 17.8 Å². The van der Waals surface area contributed by atoms with Gasteiger partial charge in [0.25, 0.3) is 5.91 Å². The van der Waals surface area contributed by atoms with Gasteiger partial charge in [-0.2, -0.15) is 5.10 Å². The first-order chi connectivity index (χ1) is 10.6. The summed E-state index contributed by atoms with van der Waals surface area (Å²) in [7, 11) is 0. The Morgan fingerprint density at radius 3 is 2.95 bits per heavy atom. The summed E-state index contributed by atoms with van der Waals surface area (Å²) in [6.45, 7) is 2.35. The van der Waals surface area contributed by atoms with Crippen molar-refractivity contribution in [1.29, 1.82) is 0 Å². The number of fused-ring (bicyclic) bond motifs is 1. The van der Waals surface area contributed by atoms with Crippen LogP contribution in [0.1, 0.15) is 54.6 Å². The van der Waals surface area contributed by atoms with Crippen LogP contribution in [0.3, 0.4) is 0 Å². The van der Waals surface area contributed by atoms with Crippen LogP contribution in [0.15, 0.2) is 6.20 Å². The molecular weight excluding hydrogens is 282 g/mol. The van der Waals surface area contributed by atoms with E-state index >= 15 is 0 Å². The van der Waals surface area contributed by atoms with Gasteiger partial charge in [-0.3, -0.25) is 14.3 Å². The highest BCUT2D eigenvalue weighted by Crippen LogP contribution is 2.25. The molecule has 0 bridgehead atoms. The highest BCUT2D eigenvalue weighted by molar-refractivity contribution is 5.95. The molecule has 2 aliphatic heterocycles. The van der Waals surface area contributed by atoms with Crippen molar-refractivity contribution in [1.82, 2.24) is 14.7 Å². The number of carboxylic acid groups (broad SMARTS) is 1. The maximum atomic E-state index is 12.8. The summed E-state index contributed by atoms with van der Waals surface area (Å²) >= 11 is 0. The van der Waals surface area contributed by atoms with Gasteiger partial charge in [0, 0.05) is 26.1 Å².